The van der Waals surface area contributed by atoms with Crippen LogP contribution in [0.5, 0.6) is 5.75 Å². The molecule has 0 saturated carbocycles. The third-order valence-corrected chi connectivity index (χ3v) is 3.42. The molecule has 2 rings (SSSR count). The highest BCUT2D eigenvalue weighted by molar-refractivity contribution is 5.89. The van der Waals surface area contributed by atoms with Gasteiger partial charge in [0.05, 0.1) is 18.8 Å². The van der Waals surface area contributed by atoms with E-state index in [0.29, 0.717) is 12.1 Å². The van der Waals surface area contributed by atoms with Gasteiger partial charge in [-0.2, -0.15) is 0 Å². The minimum Gasteiger partial charge on any atom is -0.508 e. The van der Waals surface area contributed by atoms with Crippen molar-refractivity contribution in [2.75, 3.05) is 26.8 Å². The van der Waals surface area contributed by atoms with E-state index in [2.05, 4.69) is 5.32 Å². The van der Waals surface area contributed by atoms with Gasteiger partial charge >= 0.3 is 5.97 Å². The lowest BCUT2D eigenvalue weighted by molar-refractivity contribution is -0.197. The van der Waals surface area contributed by atoms with Gasteiger partial charge in [0.1, 0.15) is 11.9 Å². The lowest BCUT2D eigenvalue weighted by Crippen LogP contribution is -2.39. The third-order valence-electron chi connectivity index (χ3n) is 3.42. The topological polar surface area (TPSA) is 77.0 Å². The summed E-state index contributed by atoms with van der Waals surface area (Å²) in [6.07, 6.45) is 4.93. The van der Waals surface area contributed by atoms with Crippen LogP contribution in [-0.2, 0) is 14.2 Å². The number of rotatable bonds is 6. The van der Waals surface area contributed by atoms with Crippen molar-refractivity contribution in [3.05, 3.63) is 53.6 Å². The van der Waals surface area contributed by atoms with Gasteiger partial charge in [-0.1, -0.05) is 18.2 Å². The number of phenolic OH excluding ortho intramolecular Hbond substituents is 1. The zero-order chi connectivity index (χ0) is 17.4. The van der Waals surface area contributed by atoms with Gasteiger partial charge in [0, 0.05) is 12.1 Å². The minimum atomic E-state index is -0.468. The summed E-state index contributed by atoms with van der Waals surface area (Å²) in [4.78, 5) is 12.0. The second-order valence-corrected chi connectivity index (χ2v) is 5.33. The highest BCUT2D eigenvalue weighted by Crippen LogP contribution is 2.18. The molecule has 1 aliphatic heterocycles. The molecule has 1 fully saturated rings. The highest BCUT2D eigenvalue weighted by Gasteiger charge is 2.27. The summed E-state index contributed by atoms with van der Waals surface area (Å²) in [5.74, 6) is -0.367. The van der Waals surface area contributed by atoms with Crippen molar-refractivity contribution < 1.29 is 24.1 Å². The number of esters is 1. The molecule has 0 unspecified atom stereocenters. The van der Waals surface area contributed by atoms with Gasteiger partial charge in [-0.25, -0.2) is 4.79 Å². The van der Waals surface area contributed by atoms with E-state index in [1.54, 1.807) is 0 Å². The van der Waals surface area contributed by atoms with Crippen LogP contribution in [0.1, 0.15) is 17.3 Å². The number of allylic oxidation sites excluding steroid dienone is 1. The molecule has 6 heteroatoms. The predicted octanol–water partition coefficient (Wildman–Crippen LogP) is 2.01. The van der Waals surface area contributed by atoms with Crippen LogP contribution in [0.4, 0.5) is 0 Å². The number of carbonyl (C=O) groups excluding carboxylic acids is 1. The second kappa shape index (κ2) is 9.22. The maximum atomic E-state index is 12.0. The Hall–Kier alpha value is -2.15. The summed E-state index contributed by atoms with van der Waals surface area (Å²) >= 11 is 0. The molecule has 1 aromatic carbocycles. The Morgan fingerprint density at radius 1 is 1.33 bits per heavy atom. The first-order chi connectivity index (χ1) is 11.6. The van der Waals surface area contributed by atoms with E-state index in [4.69, 9.17) is 14.2 Å². The molecule has 0 bridgehead atoms. The molecule has 0 radical (unpaired) electrons. The zero-order valence-corrected chi connectivity index (χ0v) is 13.9. The highest BCUT2D eigenvalue weighted by atomic mass is 16.7. The smallest absolute Gasteiger partial charge is 0.338 e. The fraction of sp³-hybridized carbons (Fsp3) is 0.389. The monoisotopic (exact) mass is 333 g/mol. The summed E-state index contributed by atoms with van der Waals surface area (Å²) in [6.45, 7) is 3.17. The zero-order valence-electron chi connectivity index (χ0n) is 13.9. The summed E-state index contributed by atoms with van der Waals surface area (Å²) in [6, 6.07) is 5.90. The minimum absolute atomic E-state index is 0.101. The lowest BCUT2D eigenvalue weighted by Gasteiger charge is -2.30. The van der Waals surface area contributed by atoms with Crippen molar-refractivity contribution in [1.82, 2.24) is 5.32 Å². The van der Waals surface area contributed by atoms with E-state index >= 15 is 0 Å². The van der Waals surface area contributed by atoms with Gasteiger partial charge in [0.2, 0.25) is 0 Å². The Bertz CT molecular complexity index is 586. The van der Waals surface area contributed by atoms with Gasteiger partial charge < -0.3 is 24.6 Å². The average Bonchev–Trinajstić information content (AvgIpc) is 2.60. The van der Waals surface area contributed by atoms with Crippen LogP contribution < -0.4 is 5.32 Å². The quantitative estimate of drug-likeness (QED) is 0.613. The largest absolute Gasteiger partial charge is 0.508 e. The maximum absolute atomic E-state index is 12.0. The fourth-order valence-corrected chi connectivity index (χ4v) is 2.22. The lowest BCUT2D eigenvalue weighted by atomic mass is 10.2. The molecule has 0 atom stereocenters. The molecule has 6 nitrogen and oxygen atoms in total. The van der Waals surface area contributed by atoms with E-state index in [0.717, 1.165) is 5.57 Å². The Labute approximate surface area is 141 Å². The third kappa shape index (κ3) is 5.19. The van der Waals surface area contributed by atoms with Crippen LogP contribution >= 0.6 is 0 Å². The van der Waals surface area contributed by atoms with Gasteiger partial charge in [-0.05, 0) is 38.2 Å². The SMILES string of the molecule is C/C=C\C(=C/CNC)C1OCC(OC(=O)c2ccc(O)cc2)CO1. The Balaban J connectivity index is 1.87. The number of hydrogen-bond acceptors (Lipinski definition) is 6. The first-order valence-electron chi connectivity index (χ1n) is 7.84. The normalized spacial score (nSPS) is 21.8. The molecular weight excluding hydrogens is 310 g/mol. The second-order valence-electron chi connectivity index (χ2n) is 5.33. The first kappa shape index (κ1) is 18.2. The van der Waals surface area contributed by atoms with E-state index in [9.17, 15) is 9.90 Å². The van der Waals surface area contributed by atoms with Crippen LogP contribution in [0.2, 0.25) is 0 Å². The van der Waals surface area contributed by atoms with Crippen molar-refractivity contribution in [2.45, 2.75) is 19.3 Å². The van der Waals surface area contributed by atoms with Crippen molar-refractivity contribution in [1.29, 1.82) is 0 Å². The van der Waals surface area contributed by atoms with E-state index in [-0.39, 0.29) is 19.0 Å². The van der Waals surface area contributed by atoms with Crippen LogP contribution in [-0.4, -0.2) is 50.3 Å². The van der Waals surface area contributed by atoms with Crippen molar-refractivity contribution in [3.8, 4) is 5.75 Å². The molecule has 1 aromatic rings. The molecular formula is C18H23NO5. The maximum Gasteiger partial charge on any atom is 0.338 e. The molecule has 1 aliphatic rings. The van der Waals surface area contributed by atoms with Gasteiger partial charge in [-0.3, -0.25) is 0 Å². The summed E-state index contributed by atoms with van der Waals surface area (Å²) in [5, 5.41) is 12.3. The van der Waals surface area contributed by atoms with E-state index in [1.807, 2.05) is 32.2 Å². The van der Waals surface area contributed by atoms with Crippen molar-refractivity contribution in [2.24, 2.45) is 0 Å². The molecule has 1 heterocycles. The summed E-state index contributed by atoms with van der Waals surface area (Å²) in [7, 11) is 1.87. The molecule has 1 saturated heterocycles. The van der Waals surface area contributed by atoms with Crippen LogP contribution in [0.3, 0.4) is 0 Å². The van der Waals surface area contributed by atoms with Crippen LogP contribution in [0.15, 0.2) is 48.1 Å². The Morgan fingerprint density at radius 2 is 2.00 bits per heavy atom. The predicted molar refractivity (Wildman–Crippen MR) is 89.8 cm³/mol. The van der Waals surface area contributed by atoms with Gasteiger partial charge in [0.25, 0.3) is 0 Å². The molecule has 24 heavy (non-hydrogen) atoms. The molecule has 0 aliphatic carbocycles. The summed E-state index contributed by atoms with van der Waals surface area (Å²) in [5.41, 5.74) is 1.30. The Morgan fingerprint density at radius 3 is 2.58 bits per heavy atom. The number of phenols is 1. The van der Waals surface area contributed by atoms with E-state index in [1.165, 1.54) is 24.3 Å². The Kier molecular flexibility index (Phi) is 6.99. The number of aromatic hydroxyl groups is 1. The molecule has 0 aromatic heterocycles. The van der Waals surface area contributed by atoms with Crippen LogP contribution in [0.25, 0.3) is 0 Å². The van der Waals surface area contributed by atoms with Crippen molar-refractivity contribution in [3.63, 3.8) is 0 Å². The van der Waals surface area contributed by atoms with Crippen molar-refractivity contribution >= 4 is 5.97 Å². The molecule has 2 N–H and O–H groups in total. The van der Waals surface area contributed by atoms with Gasteiger partial charge in [-0.15, -0.1) is 0 Å². The number of carbonyl (C=O) groups is 1. The summed E-state index contributed by atoms with van der Waals surface area (Å²) < 4.78 is 16.7. The fourth-order valence-electron chi connectivity index (χ4n) is 2.22. The van der Waals surface area contributed by atoms with E-state index < -0.39 is 18.4 Å². The number of ether oxygens (including phenoxy) is 3. The standard InChI is InChI=1S/C18H23NO5/c1-3-4-14(9-10-19-2)18-22-11-16(12-23-18)24-17(21)13-5-7-15(20)8-6-13/h3-9,16,18-20H,10-12H2,1-2H3/b4-3-,14-9+. The average molecular weight is 333 g/mol. The number of hydrogen-bond donors (Lipinski definition) is 2. The first-order valence-corrected chi connectivity index (χ1v) is 7.84. The number of nitrogens with one attached hydrogen (secondary N) is 1. The molecule has 130 valence electrons. The van der Waals surface area contributed by atoms with Gasteiger partial charge in [0.15, 0.2) is 6.29 Å². The molecule has 0 amide bonds. The van der Waals surface area contributed by atoms with Crippen LogP contribution in [0, 0.1) is 0 Å². The molecule has 0 spiro atoms. The number of likely N-dealkylation sites (N-methyl/N-ethyl adjacent to an activating group) is 1. The number of benzene rings is 1.